The smallest absolute Gasteiger partial charge is 0.315 e. The normalized spacial score (nSPS) is 11.5. The highest BCUT2D eigenvalue weighted by Crippen LogP contribution is 2.36. The predicted octanol–water partition coefficient (Wildman–Crippen LogP) is 2.99. The van der Waals surface area contributed by atoms with Crippen LogP contribution in [0.15, 0.2) is 40.0 Å². The number of aromatic amines is 1. The number of aromatic nitrogens is 3. The summed E-state index contributed by atoms with van der Waals surface area (Å²) in [6.45, 7) is 6.29. The van der Waals surface area contributed by atoms with E-state index in [2.05, 4.69) is 30.3 Å². The van der Waals surface area contributed by atoms with Crippen molar-refractivity contribution in [2.24, 2.45) is 5.92 Å². The van der Waals surface area contributed by atoms with Crippen molar-refractivity contribution in [2.45, 2.75) is 36.7 Å². The molecule has 0 radical (unpaired) electrons. The number of hydrogen-bond donors (Lipinski definition) is 4. The molecular formula is C21H26N6O5S3. The first kappa shape index (κ1) is 26.7. The number of rotatable bonds is 10. The van der Waals surface area contributed by atoms with Crippen molar-refractivity contribution in [1.82, 2.24) is 19.7 Å². The minimum absolute atomic E-state index is 0.0830. The van der Waals surface area contributed by atoms with Crippen LogP contribution in [0.2, 0.25) is 0 Å². The van der Waals surface area contributed by atoms with Gasteiger partial charge in [0.15, 0.2) is 10.3 Å². The number of carbonyl (C=O) groups excluding carboxylic acids is 2. The van der Waals surface area contributed by atoms with Gasteiger partial charge in [0.05, 0.1) is 35.0 Å². The zero-order valence-corrected chi connectivity index (χ0v) is 22.0. The van der Waals surface area contributed by atoms with E-state index in [1.54, 1.807) is 30.6 Å². The first-order chi connectivity index (χ1) is 16.5. The lowest BCUT2D eigenvalue weighted by molar-refractivity contribution is -0.133. The Kier molecular flexibility index (Phi) is 8.88. The quantitative estimate of drug-likeness (QED) is 0.287. The summed E-state index contributed by atoms with van der Waals surface area (Å²) in [5.74, 6) is -1.06. The van der Waals surface area contributed by atoms with Gasteiger partial charge in [-0.3, -0.25) is 14.9 Å². The molecule has 3 aromatic rings. The van der Waals surface area contributed by atoms with Crippen LogP contribution in [0, 0.1) is 12.8 Å². The van der Waals surface area contributed by atoms with Gasteiger partial charge in [-0.15, -0.1) is 0 Å². The zero-order valence-electron chi connectivity index (χ0n) is 19.5. The first-order valence-corrected chi connectivity index (χ1v) is 14.0. The number of sulfonamides is 1. The Morgan fingerprint density at radius 3 is 2.63 bits per heavy atom. The van der Waals surface area contributed by atoms with Crippen molar-refractivity contribution in [2.75, 3.05) is 23.5 Å². The summed E-state index contributed by atoms with van der Waals surface area (Å²) in [7, 11) is -3.46. The second-order valence-electron chi connectivity index (χ2n) is 7.96. The van der Waals surface area contributed by atoms with Crippen LogP contribution < -0.4 is 20.1 Å². The maximum Gasteiger partial charge on any atom is 0.315 e. The molecule has 0 aliphatic heterocycles. The highest BCUT2D eigenvalue weighted by atomic mass is 32.2. The number of aryl methyl sites for hydroxylation is 1. The van der Waals surface area contributed by atoms with Gasteiger partial charge in [0, 0.05) is 12.4 Å². The molecule has 2 amide bonds. The molecule has 0 saturated carbocycles. The van der Waals surface area contributed by atoms with E-state index >= 15 is 0 Å². The van der Waals surface area contributed by atoms with Crippen LogP contribution in [0.1, 0.15) is 25.1 Å². The molecule has 3 rings (SSSR count). The van der Waals surface area contributed by atoms with Gasteiger partial charge in [-0.2, -0.15) is 0 Å². The summed E-state index contributed by atoms with van der Waals surface area (Å²) in [4.78, 5) is 36.5. The van der Waals surface area contributed by atoms with Gasteiger partial charge in [-0.25, -0.2) is 23.1 Å². The highest BCUT2D eigenvalue weighted by molar-refractivity contribution is 8.01. The van der Waals surface area contributed by atoms with E-state index in [4.69, 9.17) is 4.74 Å². The third kappa shape index (κ3) is 8.35. The molecule has 0 spiro atoms. The lowest BCUT2D eigenvalue weighted by Gasteiger charge is -2.14. The molecule has 14 heteroatoms. The number of nitrogens with one attached hydrogen (secondary N) is 4. The minimum Gasteiger partial charge on any atom is -0.491 e. The average Bonchev–Trinajstić information content (AvgIpc) is 3.41. The molecule has 4 N–H and O–H groups in total. The molecular weight excluding hydrogens is 512 g/mol. The third-order valence-electron chi connectivity index (χ3n) is 4.21. The number of anilines is 2. The van der Waals surface area contributed by atoms with Gasteiger partial charge in [0.1, 0.15) is 5.75 Å². The van der Waals surface area contributed by atoms with Gasteiger partial charge < -0.3 is 15.0 Å². The van der Waals surface area contributed by atoms with Gasteiger partial charge in [-0.1, -0.05) is 31.3 Å². The number of nitrogens with zero attached hydrogens (tertiary/aromatic N) is 2. The molecule has 0 atom stereocenters. The average molecular weight is 539 g/mol. The van der Waals surface area contributed by atoms with Crippen molar-refractivity contribution >= 4 is 55.8 Å². The Balaban J connectivity index is 1.73. The molecule has 0 saturated heterocycles. The Morgan fingerprint density at radius 1 is 1.23 bits per heavy atom. The van der Waals surface area contributed by atoms with E-state index in [1.807, 2.05) is 20.8 Å². The molecule has 35 heavy (non-hydrogen) atoms. The molecule has 188 valence electrons. The van der Waals surface area contributed by atoms with E-state index in [0.29, 0.717) is 33.1 Å². The minimum atomic E-state index is -3.46. The number of imidazole rings is 1. The zero-order chi connectivity index (χ0) is 25.6. The van der Waals surface area contributed by atoms with E-state index in [-0.39, 0.29) is 17.6 Å². The van der Waals surface area contributed by atoms with Crippen LogP contribution in [0.25, 0.3) is 0 Å². The van der Waals surface area contributed by atoms with Crippen molar-refractivity contribution in [1.29, 1.82) is 0 Å². The maximum atomic E-state index is 12.6. The monoisotopic (exact) mass is 538 g/mol. The lowest BCUT2D eigenvalue weighted by atomic mass is 10.2. The van der Waals surface area contributed by atoms with Gasteiger partial charge in [-0.05, 0) is 42.3 Å². The third-order valence-corrected chi connectivity index (χ3v) is 7.02. The number of amides is 2. The predicted molar refractivity (Wildman–Crippen MR) is 135 cm³/mol. The van der Waals surface area contributed by atoms with Crippen molar-refractivity contribution in [3.63, 3.8) is 0 Å². The van der Waals surface area contributed by atoms with E-state index < -0.39 is 21.8 Å². The summed E-state index contributed by atoms with van der Waals surface area (Å²) in [6, 6.07) is 5.26. The summed E-state index contributed by atoms with van der Waals surface area (Å²) in [5, 5.41) is 5.76. The van der Waals surface area contributed by atoms with Gasteiger partial charge in [0.25, 0.3) is 0 Å². The molecule has 11 nitrogen and oxygen atoms in total. The number of H-pyrrole nitrogens is 1. The van der Waals surface area contributed by atoms with E-state index in [9.17, 15) is 18.0 Å². The molecule has 0 aliphatic carbocycles. The van der Waals surface area contributed by atoms with Crippen LogP contribution in [0.3, 0.4) is 0 Å². The summed E-state index contributed by atoms with van der Waals surface area (Å²) < 4.78 is 31.8. The summed E-state index contributed by atoms with van der Waals surface area (Å²) in [5.41, 5.74) is 1.72. The fraction of sp³-hybridized carbons (Fsp3) is 0.333. The molecule has 0 unspecified atom stereocenters. The summed E-state index contributed by atoms with van der Waals surface area (Å²) >= 11 is 2.32. The Hall–Kier alpha value is -2.94. The largest absolute Gasteiger partial charge is 0.491 e. The molecule has 2 aromatic heterocycles. The fourth-order valence-corrected chi connectivity index (χ4v) is 5.02. The Labute approximate surface area is 211 Å². The van der Waals surface area contributed by atoms with Crippen LogP contribution >= 0.6 is 23.1 Å². The van der Waals surface area contributed by atoms with Gasteiger partial charge >= 0.3 is 11.8 Å². The van der Waals surface area contributed by atoms with Crippen LogP contribution in [0.5, 0.6) is 5.75 Å². The highest BCUT2D eigenvalue weighted by Gasteiger charge is 2.21. The van der Waals surface area contributed by atoms with Crippen LogP contribution in [-0.4, -0.2) is 48.0 Å². The number of hydrogen-bond acceptors (Lipinski definition) is 9. The first-order valence-electron chi connectivity index (χ1n) is 10.5. The summed E-state index contributed by atoms with van der Waals surface area (Å²) in [6.07, 6.45) is 4.26. The molecule has 2 heterocycles. The Morgan fingerprint density at radius 2 is 1.97 bits per heavy atom. The second-order valence-corrected chi connectivity index (χ2v) is 12.0. The standard InChI is InChI=1S/C21H26N6O5S3/c1-12(2)11-32-16-9-13(3)5-6-14(16)25-17(28)18(29)27-21-26-15(10-24-35(4,30)31)19(34-21)33-20-22-7-8-23-20/h5-9,12,24H,10-11H2,1-4H3,(H,22,23)(H,25,28)(H,26,27,29). The van der Waals surface area contributed by atoms with Crippen molar-refractivity contribution in [3.8, 4) is 5.75 Å². The van der Waals surface area contributed by atoms with Crippen molar-refractivity contribution in [3.05, 3.63) is 41.9 Å². The molecule has 0 aliphatic rings. The number of carbonyl (C=O) groups is 2. The lowest BCUT2D eigenvalue weighted by Crippen LogP contribution is -2.29. The van der Waals surface area contributed by atoms with E-state index in [0.717, 1.165) is 23.2 Å². The van der Waals surface area contributed by atoms with Crippen LogP contribution in [-0.2, 0) is 26.2 Å². The Bertz CT molecular complexity index is 1290. The molecule has 0 fully saturated rings. The van der Waals surface area contributed by atoms with Crippen LogP contribution in [0.4, 0.5) is 10.8 Å². The van der Waals surface area contributed by atoms with Crippen molar-refractivity contribution < 1.29 is 22.7 Å². The number of benzene rings is 1. The molecule has 1 aromatic carbocycles. The fourth-order valence-electron chi connectivity index (χ4n) is 2.62. The molecule has 0 bridgehead atoms. The maximum absolute atomic E-state index is 12.6. The topological polar surface area (TPSA) is 155 Å². The number of ether oxygens (including phenoxy) is 1. The van der Waals surface area contributed by atoms with Gasteiger partial charge in [0.2, 0.25) is 10.0 Å². The number of thiazole rings is 1. The second kappa shape index (κ2) is 11.7. The SMILES string of the molecule is Cc1ccc(NC(=O)C(=O)Nc2nc(CNS(C)(=O)=O)c(Sc3ncc[nH]3)s2)c(OCC(C)C)c1. The van der Waals surface area contributed by atoms with E-state index in [1.165, 1.54) is 11.8 Å².